The van der Waals surface area contributed by atoms with Gasteiger partial charge in [0, 0.05) is 58.0 Å². The van der Waals surface area contributed by atoms with Gasteiger partial charge in [0.25, 0.3) is 5.91 Å². The Bertz CT molecular complexity index is 1370. The first kappa shape index (κ1) is 26.8. The second kappa shape index (κ2) is 11.2. The molecule has 0 spiro atoms. The van der Waals surface area contributed by atoms with Gasteiger partial charge in [0.05, 0.1) is 27.3 Å². The molecule has 11 heteroatoms. The number of piperidine rings is 2. The monoisotopic (exact) mass is 573 g/mol. The molecule has 3 amide bonds. The molecular weight excluding hydrogens is 545 g/mol. The van der Waals surface area contributed by atoms with Crippen molar-refractivity contribution in [2.45, 2.75) is 38.1 Å². The van der Waals surface area contributed by atoms with E-state index in [-0.39, 0.29) is 35.6 Å². The number of likely N-dealkylation sites (N-methyl/N-ethyl adjacent to an activating group) is 1. The molecule has 38 heavy (non-hydrogen) atoms. The van der Waals surface area contributed by atoms with Crippen LogP contribution in [0.15, 0.2) is 36.4 Å². The zero-order valence-electron chi connectivity index (χ0n) is 21.3. The Labute approximate surface area is 235 Å². The molecule has 0 aliphatic carbocycles. The molecular formula is C27H29Cl2N5O3S. The molecule has 2 atom stereocenters. The summed E-state index contributed by atoms with van der Waals surface area (Å²) >= 11 is 13.7. The van der Waals surface area contributed by atoms with Crippen molar-refractivity contribution < 1.29 is 14.4 Å². The number of benzene rings is 2. The highest BCUT2D eigenvalue weighted by molar-refractivity contribution is 7.00. The number of aromatic nitrogens is 2. The topological polar surface area (TPSA) is 86.7 Å². The second-order valence-corrected chi connectivity index (χ2v) is 11.4. The van der Waals surface area contributed by atoms with E-state index in [0.29, 0.717) is 72.1 Å². The smallest absolute Gasteiger partial charge is 0.256 e. The first-order valence-electron chi connectivity index (χ1n) is 12.7. The van der Waals surface area contributed by atoms with Gasteiger partial charge in [-0.25, -0.2) is 0 Å². The van der Waals surface area contributed by atoms with Gasteiger partial charge < -0.3 is 14.7 Å². The molecule has 2 aromatic carbocycles. The van der Waals surface area contributed by atoms with Crippen molar-refractivity contribution in [1.82, 2.24) is 23.4 Å². The van der Waals surface area contributed by atoms with Gasteiger partial charge in [-0.2, -0.15) is 8.75 Å². The van der Waals surface area contributed by atoms with Crippen LogP contribution in [0.4, 0.5) is 0 Å². The molecule has 0 saturated carbocycles. The Morgan fingerprint density at radius 2 is 1.71 bits per heavy atom. The van der Waals surface area contributed by atoms with Gasteiger partial charge in [0.2, 0.25) is 11.8 Å². The van der Waals surface area contributed by atoms with Gasteiger partial charge >= 0.3 is 0 Å². The van der Waals surface area contributed by atoms with Crippen LogP contribution >= 0.6 is 34.9 Å². The molecule has 2 aliphatic heterocycles. The average Bonchev–Trinajstić information content (AvgIpc) is 3.42. The normalized spacial score (nSPS) is 20.5. The summed E-state index contributed by atoms with van der Waals surface area (Å²) in [5.74, 6) is -0.223. The highest BCUT2D eigenvalue weighted by Crippen LogP contribution is 2.36. The predicted molar refractivity (Wildman–Crippen MR) is 149 cm³/mol. The van der Waals surface area contributed by atoms with Crippen molar-refractivity contribution >= 4 is 63.7 Å². The number of carbonyl (C=O) groups is 3. The standard InChI is InChI=1S/C27H29Cl2N5O3S/c1-16(35)33-11-8-17(9-12-33)26(36)34-13-10-24(20(15-34)18-6-7-21(28)22(29)14-18)32(2)27(37)19-4-3-5-23-25(19)31-38-30-23/h3-7,14,17,20,24H,8-13,15H2,1-2H3. The molecule has 200 valence electrons. The van der Waals surface area contributed by atoms with E-state index >= 15 is 0 Å². The Hall–Kier alpha value is -2.75. The molecule has 3 aromatic rings. The molecule has 5 rings (SSSR count). The van der Waals surface area contributed by atoms with E-state index in [2.05, 4.69) is 8.75 Å². The van der Waals surface area contributed by atoms with E-state index in [1.165, 1.54) is 0 Å². The number of likely N-dealkylation sites (tertiary alicyclic amines) is 2. The molecule has 0 bridgehead atoms. The Balaban J connectivity index is 1.39. The Morgan fingerprint density at radius 3 is 2.42 bits per heavy atom. The number of amides is 3. The third-order valence-corrected chi connectivity index (χ3v) is 9.17. The van der Waals surface area contributed by atoms with Crippen LogP contribution in [0.25, 0.3) is 11.0 Å². The van der Waals surface area contributed by atoms with E-state index in [0.717, 1.165) is 17.3 Å². The van der Waals surface area contributed by atoms with Gasteiger partial charge in [0.15, 0.2) is 0 Å². The Kier molecular flexibility index (Phi) is 7.88. The highest BCUT2D eigenvalue weighted by atomic mass is 35.5. The van der Waals surface area contributed by atoms with Crippen LogP contribution in [0.1, 0.15) is 48.0 Å². The summed E-state index contributed by atoms with van der Waals surface area (Å²) < 4.78 is 8.61. The number of nitrogens with zero attached hydrogens (tertiary/aromatic N) is 5. The van der Waals surface area contributed by atoms with Crippen molar-refractivity contribution in [3.63, 3.8) is 0 Å². The summed E-state index contributed by atoms with van der Waals surface area (Å²) in [5.41, 5.74) is 2.75. The molecule has 2 saturated heterocycles. The largest absolute Gasteiger partial charge is 0.343 e. The molecule has 3 heterocycles. The van der Waals surface area contributed by atoms with Crippen LogP contribution < -0.4 is 0 Å². The lowest BCUT2D eigenvalue weighted by Gasteiger charge is -2.44. The van der Waals surface area contributed by atoms with E-state index in [1.54, 1.807) is 28.9 Å². The van der Waals surface area contributed by atoms with Crippen LogP contribution in [0.5, 0.6) is 0 Å². The van der Waals surface area contributed by atoms with Gasteiger partial charge in [0.1, 0.15) is 11.0 Å². The molecule has 2 aliphatic rings. The predicted octanol–water partition coefficient (Wildman–Crippen LogP) is 4.71. The van der Waals surface area contributed by atoms with Gasteiger partial charge in [-0.05, 0) is 49.1 Å². The average molecular weight is 575 g/mol. The van der Waals surface area contributed by atoms with E-state index in [9.17, 15) is 14.4 Å². The quantitative estimate of drug-likeness (QED) is 0.451. The fourth-order valence-corrected chi connectivity index (χ4v) is 6.55. The number of hydrogen-bond acceptors (Lipinski definition) is 6. The summed E-state index contributed by atoms with van der Waals surface area (Å²) in [6, 6.07) is 10.8. The summed E-state index contributed by atoms with van der Waals surface area (Å²) in [6.45, 7) is 3.79. The summed E-state index contributed by atoms with van der Waals surface area (Å²) in [4.78, 5) is 44.5. The van der Waals surface area contributed by atoms with E-state index < -0.39 is 0 Å². The molecule has 2 fully saturated rings. The Morgan fingerprint density at radius 1 is 0.974 bits per heavy atom. The van der Waals surface area contributed by atoms with Crippen molar-refractivity contribution in [2.75, 3.05) is 33.2 Å². The third-order valence-electron chi connectivity index (χ3n) is 7.88. The minimum atomic E-state index is -0.162. The lowest BCUT2D eigenvalue weighted by atomic mass is 9.83. The molecule has 8 nitrogen and oxygen atoms in total. The van der Waals surface area contributed by atoms with E-state index in [4.69, 9.17) is 23.2 Å². The molecule has 2 unspecified atom stereocenters. The maximum Gasteiger partial charge on any atom is 0.256 e. The van der Waals surface area contributed by atoms with Crippen LogP contribution in [-0.2, 0) is 9.59 Å². The zero-order valence-corrected chi connectivity index (χ0v) is 23.6. The number of fused-ring (bicyclic) bond motifs is 1. The van der Waals surface area contributed by atoms with Crippen LogP contribution in [0.2, 0.25) is 10.0 Å². The number of halogens is 2. The van der Waals surface area contributed by atoms with Crippen molar-refractivity contribution in [3.05, 3.63) is 57.6 Å². The summed E-state index contributed by atoms with van der Waals surface area (Å²) in [7, 11) is 1.81. The van der Waals surface area contributed by atoms with Crippen LogP contribution in [-0.4, -0.2) is 80.4 Å². The SMILES string of the molecule is CC(=O)N1CCC(C(=O)N2CCC(N(C)C(=O)c3cccc4nsnc34)C(c3ccc(Cl)c(Cl)c3)C2)CC1. The van der Waals surface area contributed by atoms with Crippen molar-refractivity contribution in [3.8, 4) is 0 Å². The van der Waals surface area contributed by atoms with Gasteiger partial charge in [-0.15, -0.1) is 0 Å². The maximum absolute atomic E-state index is 13.7. The fourth-order valence-electron chi connectivity index (χ4n) is 5.69. The number of carbonyl (C=O) groups excluding carboxylic acids is 3. The lowest BCUT2D eigenvalue weighted by molar-refractivity contribution is -0.141. The molecule has 0 N–H and O–H groups in total. The first-order valence-corrected chi connectivity index (χ1v) is 14.2. The van der Waals surface area contributed by atoms with Crippen molar-refractivity contribution in [1.29, 1.82) is 0 Å². The maximum atomic E-state index is 13.7. The fraction of sp³-hybridized carbons (Fsp3) is 0.444. The third kappa shape index (κ3) is 5.24. The second-order valence-electron chi connectivity index (χ2n) is 10.1. The number of rotatable bonds is 4. The van der Waals surface area contributed by atoms with Crippen LogP contribution in [0.3, 0.4) is 0 Å². The van der Waals surface area contributed by atoms with E-state index in [1.807, 2.05) is 36.2 Å². The highest BCUT2D eigenvalue weighted by Gasteiger charge is 2.39. The van der Waals surface area contributed by atoms with Gasteiger partial charge in [-0.1, -0.05) is 35.3 Å². The first-order chi connectivity index (χ1) is 18.2. The minimum Gasteiger partial charge on any atom is -0.343 e. The molecule has 1 aromatic heterocycles. The lowest BCUT2D eigenvalue weighted by Crippen LogP contribution is -2.53. The number of hydrogen-bond donors (Lipinski definition) is 0. The minimum absolute atomic E-state index is 0.0493. The van der Waals surface area contributed by atoms with Gasteiger partial charge in [-0.3, -0.25) is 14.4 Å². The van der Waals surface area contributed by atoms with Crippen LogP contribution in [0, 0.1) is 5.92 Å². The molecule has 0 radical (unpaired) electrons. The zero-order chi connectivity index (χ0) is 27.0. The summed E-state index contributed by atoms with van der Waals surface area (Å²) in [6.07, 6.45) is 1.95. The van der Waals surface area contributed by atoms with Crippen molar-refractivity contribution in [2.24, 2.45) is 5.92 Å². The summed E-state index contributed by atoms with van der Waals surface area (Å²) in [5, 5.41) is 0.898.